The zero-order valence-corrected chi connectivity index (χ0v) is 16.7. The van der Waals surface area contributed by atoms with Crippen molar-refractivity contribution in [1.82, 2.24) is 9.55 Å². The highest BCUT2D eigenvalue weighted by atomic mass is 32.2. The first kappa shape index (κ1) is 19.0. The van der Waals surface area contributed by atoms with Gasteiger partial charge in [-0.05, 0) is 31.2 Å². The Balaban J connectivity index is 1.49. The Labute approximate surface area is 174 Å². The van der Waals surface area contributed by atoms with Gasteiger partial charge in [0.15, 0.2) is 16.8 Å². The molecule has 0 radical (unpaired) electrons. The summed E-state index contributed by atoms with van der Waals surface area (Å²) in [6.45, 7) is -1.32. The molecule has 1 saturated heterocycles. The summed E-state index contributed by atoms with van der Waals surface area (Å²) in [6.07, 6.45) is -0.502. The Morgan fingerprint density at radius 3 is 2.73 bits per heavy atom. The van der Waals surface area contributed by atoms with Gasteiger partial charge in [-0.1, -0.05) is 36.0 Å². The van der Waals surface area contributed by atoms with Gasteiger partial charge in [0.2, 0.25) is 5.91 Å². The van der Waals surface area contributed by atoms with Crippen LogP contribution < -0.4 is 4.90 Å². The van der Waals surface area contributed by atoms with Crippen molar-refractivity contribution in [1.29, 1.82) is 0 Å². The molecule has 1 aromatic heterocycles. The van der Waals surface area contributed by atoms with Gasteiger partial charge in [0.25, 0.3) is 0 Å². The molecule has 154 valence electrons. The first-order chi connectivity index (χ1) is 14.4. The van der Waals surface area contributed by atoms with E-state index >= 15 is 0 Å². The van der Waals surface area contributed by atoms with Crippen LogP contribution in [0.3, 0.4) is 0 Å². The minimum atomic E-state index is -2.83. The number of aromatic nitrogens is 2. The van der Waals surface area contributed by atoms with E-state index in [4.69, 9.17) is 4.74 Å². The number of hydrogen-bond acceptors (Lipinski definition) is 5. The van der Waals surface area contributed by atoms with Crippen LogP contribution in [0.2, 0.25) is 0 Å². The fraction of sp³-hybridized carbons (Fsp3) is 0.286. The summed E-state index contributed by atoms with van der Waals surface area (Å²) in [5.74, 6) is -0.820. The smallest absolute Gasteiger partial charge is 0.344 e. The first-order valence-corrected chi connectivity index (χ1v) is 10.3. The molecule has 3 aromatic rings. The predicted molar refractivity (Wildman–Crippen MR) is 107 cm³/mol. The second-order valence-electron chi connectivity index (χ2n) is 7.24. The van der Waals surface area contributed by atoms with Crippen molar-refractivity contribution in [3.8, 4) is 0 Å². The largest absolute Gasteiger partial charge is 0.452 e. The molecule has 0 bridgehead atoms. The van der Waals surface area contributed by atoms with Crippen molar-refractivity contribution in [3.05, 3.63) is 54.4 Å². The number of anilines is 1. The van der Waals surface area contributed by atoms with E-state index in [2.05, 4.69) is 4.98 Å². The Bertz CT molecular complexity index is 1180. The molecule has 3 heterocycles. The van der Waals surface area contributed by atoms with Crippen LogP contribution in [-0.2, 0) is 14.3 Å². The number of benzene rings is 2. The van der Waals surface area contributed by atoms with E-state index in [9.17, 15) is 18.4 Å². The Kier molecular flexibility index (Phi) is 4.32. The van der Waals surface area contributed by atoms with Crippen molar-refractivity contribution in [2.24, 2.45) is 0 Å². The molecular formula is C21H17F2N3O3S. The molecule has 6 nitrogen and oxygen atoms in total. The number of amides is 1. The topological polar surface area (TPSA) is 64.4 Å². The number of ether oxygens (including phenoxy) is 1. The van der Waals surface area contributed by atoms with Crippen molar-refractivity contribution in [3.63, 3.8) is 0 Å². The maximum atomic E-state index is 13.8. The number of alkyl halides is 2. The van der Waals surface area contributed by atoms with E-state index in [-0.39, 0.29) is 23.7 Å². The Morgan fingerprint density at radius 2 is 1.93 bits per heavy atom. The number of hydrogen-bond donors (Lipinski definition) is 0. The fourth-order valence-corrected chi connectivity index (χ4v) is 5.53. The van der Waals surface area contributed by atoms with Gasteiger partial charge in [0.1, 0.15) is 0 Å². The molecule has 2 aliphatic rings. The number of thioether (sulfide) groups is 1. The third-order valence-corrected chi connectivity index (χ3v) is 6.91. The lowest BCUT2D eigenvalue weighted by atomic mass is 10.2. The van der Waals surface area contributed by atoms with E-state index in [1.807, 2.05) is 12.1 Å². The molecule has 2 atom stereocenters. The van der Waals surface area contributed by atoms with Crippen molar-refractivity contribution >= 4 is 40.4 Å². The highest BCUT2D eigenvalue weighted by Crippen LogP contribution is 2.56. The average molecular weight is 429 g/mol. The van der Waals surface area contributed by atoms with Crippen LogP contribution in [0.25, 0.3) is 11.0 Å². The number of imidazole rings is 1. The highest BCUT2D eigenvalue weighted by Gasteiger charge is 2.58. The highest BCUT2D eigenvalue weighted by molar-refractivity contribution is 8.02. The van der Waals surface area contributed by atoms with E-state index in [0.717, 1.165) is 9.46 Å². The minimum absolute atomic E-state index is 0.0349. The van der Waals surface area contributed by atoms with E-state index in [1.54, 1.807) is 36.4 Å². The predicted octanol–water partition coefficient (Wildman–Crippen LogP) is 4.66. The summed E-state index contributed by atoms with van der Waals surface area (Å²) in [4.78, 5) is 31.2. The number of carbonyl (C=O) groups is 2. The third kappa shape index (κ3) is 2.64. The number of carbonyl (C=O) groups excluding carboxylic acids is 2. The average Bonchev–Trinajstić information content (AvgIpc) is 3.38. The molecule has 9 heteroatoms. The standard InChI is InChI=1S/C21H17F2N3O3S/c1-12(18-24-13-6-2-3-7-14(13)25(18)20(22)23)29-19(28)21-11-10-17(27)26(21)15-8-4-5-9-16(15)30-21/h2-9,12,20H,10-11H2,1H3. The van der Waals surface area contributed by atoms with Gasteiger partial charge in [-0.25, -0.2) is 9.78 Å². The molecule has 2 unspecified atom stereocenters. The van der Waals surface area contributed by atoms with Gasteiger partial charge in [-0.3, -0.25) is 14.3 Å². The number of halogens is 2. The minimum Gasteiger partial charge on any atom is -0.452 e. The van der Waals surface area contributed by atoms with Gasteiger partial charge >= 0.3 is 12.5 Å². The maximum Gasteiger partial charge on any atom is 0.344 e. The lowest BCUT2D eigenvalue weighted by Crippen LogP contribution is -2.48. The number of esters is 1. The van der Waals surface area contributed by atoms with Crippen LogP contribution in [0.1, 0.15) is 38.2 Å². The lowest BCUT2D eigenvalue weighted by Gasteiger charge is -2.30. The molecule has 2 aliphatic heterocycles. The molecule has 2 aromatic carbocycles. The van der Waals surface area contributed by atoms with E-state index in [1.165, 1.54) is 23.6 Å². The van der Waals surface area contributed by atoms with Crippen LogP contribution in [0.4, 0.5) is 14.5 Å². The summed E-state index contributed by atoms with van der Waals surface area (Å²) in [5, 5.41) is 0. The number of nitrogens with zero attached hydrogens (tertiary/aromatic N) is 3. The quantitative estimate of drug-likeness (QED) is 0.564. The van der Waals surface area contributed by atoms with Crippen LogP contribution in [0.5, 0.6) is 0 Å². The Hall–Kier alpha value is -2.94. The SMILES string of the molecule is CC(OC(=O)C12CCC(=O)N1c1ccccc1S2)c1nc2ccccc2n1C(F)F. The summed E-state index contributed by atoms with van der Waals surface area (Å²) in [5.41, 5.74) is 1.34. The van der Waals surface area contributed by atoms with Gasteiger partial charge in [-0.15, -0.1) is 0 Å². The maximum absolute atomic E-state index is 13.8. The second-order valence-corrected chi connectivity index (χ2v) is 8.56. The third-order valence-electron chi connectivity index (χ3n) is 5.46. The van der Waals surface area contributed by atoms with Crippen molar-refractivity contribution < 1.29 is 23.1 Å². The lowest BCUT2D eigenvalue weighted by molar-refractivity contribution is -0.152. The first-order valence-electron chi connectivity index (χ1n) is 9.49. The zero-order chi connectivity index (χ0) is 21.0. The molecule has 1 fully saturated rings. The molecule has 30 heavy (non-hydrogen) atoms. The number of para-hydroxylation sites is 3. The zero-order valence-electron chi connectivity index (χ0n) is 15.9. The summed E-state index contributed by atoms with van der Waals surface area (Å²) >= 11 is 1.27. The van der Waals surface area contributed by atoms with Gasteiger partial charge < -0.3 is 4.74 Å². The van der Waals surface area contributed by atoms with E-state index < -0.39 is 23.5 Å². The van der Waals surface area contributed by atoms with Gasteiger partial charge in [0, 0.05) is 17.7 Å². The number of rotatable bonds is 4. The van der Waals surface area contributed by atoms with E-state index in [0.29, 0.717) is 17.6 Å². The number of fused-ring (bicyclic) bond motifs is 4. The normalized spacial score (nSPS) is 21.2. The van der Waals surface area contributed by atoms with Gasteiger partial charge in [0.05, 0.1) is 16.7 Å². The molecule has 0 N–H and O–H groups in total. The van der Waals surface area contributed by atoms with Crippen LogP contribution in [0.15, 0.2) is 53.4 Å². The summed E-state index contributed by atoms with van der Waals surface area (Å²) in [6, 6.07) is 13.8. The van der Waals surface area contributed by atoms with Crippen molar-refractivity contribution in [2.75, 3.05) is 4.90 Å². The Morgan fingerprint density at radius 1 is 1.20 bits per heavy atom. The summed E-state index contributed by atoms with van der Waals surface area (Å²) in [7, 11) is 0. The fourth-order valence-electron chi connectivity index (χ4n) is 4.13. The second kappa shape index (κ2) is 6.80. The molecule has 5 rings (SSSR count). The molecule has 1 amide bonds. The summed E-state index contributed by atoms with van der Waals surface area (Å²) < 4.78 is 33.9. The van der Waals surface area contributed by atoms with Gasteiger partial charge in [-0.2, -0.15) is 8.78 Å². The van der Waals surface area contributed by atoms with Crippen LogP contribution >= 0.6 is 11.8 Å². The van der Waals surface area contributed by atoms with Crippen LogP contribution in [0, 0.1) is 0 Å². The molecule has 0 aliphatic carbocycles. The molecule has 0 saturated carbocycles. The van der Waals surface area contributed by atoms with Crippen LogP contribution in [-0.4, -0.2) is 26.3 Å². The monoisotopic (exact) mass is 429 g/mol. The molecular weight excluding hydrogens is 412 g/mol. The molecule has 0 spiro atoms. The van der Waals surface area contributed by atoms with Crippen molar-refractivity contribution in [2.45, 2.75) is 42.2 Å².